The van der Waals surface area contributed by atoms with Crippen LogP contribution in [0.4, 0.5) is 27.8 Å². The molecular formula is C7H7F5N4O2. The van der Waals surface area contributed by atoms with E-state index < -0.39 is 28.5 Å². The molecule has 0 fully saturated rings. The predicted octanol–water partition coefficient (Wildman–Crippen LogP) is 2.25. The van der Waals surface area contributed by atoms with Crippen LogP contribution in [0.2, 0.25) is 0 Å². The number of alkyl halides is 5. The molecule has 0 aliphatic rings. The molecule has 0 unspecified atom stereocenters. The van der Waals surface area contributed by atoms with Crippen LogP contribution < -0.4 is 0 Å². The number of aromatic nitrogens is 3. The fourth-order valence-corrected chi connectivity index (χ4v) is 1.19. The van der Waals surface area contributed by atoms with E-state index in [0.717, 1.165) is 0 Å². The Bertz CT molecular complexity index is 455. The summed E-state index contributed by atoms with van der Waals surface area (Å²) in [5.41, 5.74) is -1.99. The second-order valence-corrected chi connectivity index (χ2v) is 3.31. The minimum absolute atomic E-state index is 0.183. The van der Waals surface area contributed by atoms with Gasteiger partial charge in [0.25, 0.3) is 0 Å². The van der Waals surface area contributed by atoms with Crippen LogP contribution in [-0.2, 0) is 12.5 Å². The molecule has 0 atom stereocenters. The van der Waals surface area contributed by atoms with E-state index in [2.05, 4.69) is 10.3 Å². The monoisotopic (exact) mass is 274 g/mol. The number of halogens is 5. The molecule has 18 heavy (non-hydrogen) atoms. The van der Waals surface area contributed by atoms with Crippen molar-refractivity contribution in [2.45, 2.75) is 32.0 Å². The number of aryl methyl sites for hydroxylation is 1. The van der Waals surface area contributed by atoms with Gasteiger partial charge >= 0.3 is 17.9 Å². The maximum Gasteiger partial charge on any atom is 0.460 e. The zero-order valence-electron chi connectivity index (χ0n) is 8.91. The molecule has 1 aromatic rings. The van der Waals surface area contributed by atoms with Crippen LogP contribution in [0.1, 0.15) is 19.0 Å². The zero-order chi connectivity index (χ0) is 14.1. The van der Waals surface area contributed by atoms with Crippen molar-refractivity contribution >= 4 is 5.82 Å². The maximum absolute atomic E-state index is 13.0. The first-order chi connectivity index (χ1) is 8.13. The van der Waals surface area contributed by atoms with Crippen molar-refractivity contribution < 1.29 is 26.9 Å². The second-order valence-electron chi connectivity index (χ2n) is 3.31. The summed E-state index contributed by atoms with van der Waals surface area (Å²) in [6.45, 7) is 1.37. The Labute approximate surface area is 96.5 Å². The summed E-state index contributed by atoms with van der Waals surface area (Å²) in [5.74, 6) is -6.86. The normalized spacial score (nSPS) is 12.8. The fraction of sp³-hybridized carbons (Fsp3) is 0.714. The van der Waals surface area contributed by atoms with Crippen LogP contribution in [-0.4, -0.2) is 26.1 Å². The highest BCUT2D eigenvalue weighted by atomic mass is 19.4. The molecule has 0 radical (unpaired) electrons. The first-order valence-electron chi connectivity index (χ1n) is 4.65. The molecule has 0 aromatic carbocycles. The van der Waals surface area contributed by atoms with E-state index in [1.165, 1.54) is 0 Å². The molecular weight excluding hydrogens is 267 g/mol. The summed E-state index contributed by atoms with van der Waals surface area (Å²) in [5, 5.41) is 16.1. The average Bonchev–Trinajstić information content (AvgIpc) is 2.60. The van der Waals surface area contributed by atoms with Gasteiger partial charge in [-0.1, -0.05) is 6.92 Å². The van der Waals surface area contributed by atoms with Gasteiger partial charge in [-0.05, 0) is 11.3 Å². The van der Waals surface area contributed by atoms with Gasteiger partial charge < -0.3 is 10.1 Å². The van der Waals surface area contributed by atoms with Crippen molar-refractivity contribution in [3.05, 3.63) is 15.8 Å². The molecule has 0 aliphatic heterocycles. The highest BCUT2D eigenvalue weighted by Crippen LogP contribution is 2.45. The lowest BCUT2D eigenvalue weighted by atomic mass is 10.2. The van der Waals surface area contributed by atoms with E-state index in [0.29, 0.717) is 4.68 Å². The van der Waals surface area contributed by atoms with Gasteiger partial charge in [-0.3, -0.25) is 0 Å². The Hall–Kier alpha value is -1.81. The molecule has 0 bridgehead atoms. The van der Waals surface area contributed by atoms with Gasteiger partial charge in [0.1, 0.15) is 6.54 Å². The highest BCUT2D eigenvalue weighted by Gasteiger charge is 2.64. The predicted molar refractivity (Wildman–Crippen MR) is 46.9 cm³/mol. The van der Waals surface area contributed by atoms with E-state index in [9.17, 15) is 32.1 Å². The molecule has 0 N–H and O–H groups in total. The number of nitro groups is 1. The highest BCUT2D eigenvalue weighted by molar-refractivity contribution is 5.30. The van der Waals surface area contributed by atoms with E-state index >= 15 is 0 Å². The lowest BCUT2D eigenvalue weighted by Crippen LogP contribution is -2.34. The Balaban J connectivity index is 3.38. The number of hydrogen-bond donors (Lipinski definition) is 0. The molecule has 1 heterocycles. The SMILES string of the molecule is CCCn1nnc(C(F)(F)C(F)(F)F)c1[N+](=O)[O-]. The molecule has 1 rings (SSSR count). The van der Waals surface area contributed by atoms with Crippen LogP contribution in [0.25, 0.3) is 0 Å². The molecule has 0 saturated carbocycles. The quantitative estimate of drug-likeness (QED) is 0.479. The van der Waals surface area contributed by atoms with Gasteiger partial charge in [-0.25, -0.2) is 0 Å². The Morgan fingerprint density at radius 1 is 1.33 bits per heavy atom. The molecule has 0 amide bonds. The summed E-state index contributed by atoms with van der Waals surface area (Å²) < 4.78 is 62.7. The van der Waals surface area contributed by atoms with E-state index in [4.69, 9.17) is 0 Å². The van der Waals surface area contributed by atoms with Gasteiger partial charge in [0.05, 0.1) is 0 Å². The standard InChI is InChI=1S/C7H7F5N4O2/c1-2-3-15-5(16(17)18)4(13-14-15)6(8,9)7(10,11)12/h2-3H2,1H3. The number of rotatable bonds is 4. The van der Waals surface area contributed by atoms with E-state index in [1.54, 1.807) is 6.92 Å². The first-order valence-corrected chi connectivity index (χ1v) is 4.65. The zero-order valence-corrected chi connectivity index (χ0v) is 8.91. The van der Waals surface area contributed by atoms with Gasteiger partial charge in [-0.15, -0.1) is 9.78 Å². The Morgan fingerprint density at radius 3 is 2.28 bits per heavy atom. The van der Waals surface area contributed by atoms with Crippen LogP contribution >= 0.6 is 0 Å². The largest absolute Gasteiger partial charge is 0.460 e. The van der Waals surface area contributed by atoms with E-state index in [1.807, 2.05) is 0 Å². The summed E-state index contributed by atoms with van der Waals surface area (Å²) in [7, 11) is 0. The summed E-state index contributed by atoms with van der Waals surface area (Å²) in [6.07, 6.45) is -5.70. The van der Waals surface area contributed by atoms with Crippen molar-refractivity contribution in [3.63, 3.8) is 0 Å². The number of nitrogens with zero attached hydrogens (tertiary/aromatic N) is 4. The molecule has 102 valence electrons. The number of hydrogen-bond acceptors (Lipinski definition) is 4. The van der Waals surface area contributed by atoms with Gasteiger partial charge in [0.15, 0.2) is 0 Å². The van der Waals surface area contributed by atoms with Crippen LogP contribution in [0, 0.1) is 10.1 Å². The Kier molecular flexibility index (Phi) is 3.53. The lowest BCUT2D eigenvalue weighted by Gasteiger charge is -2.16. The van der Waals surface area contributed by atoms with Crippen molar-refractivity contribution in [2.75, 3.05) is 0 Å². The van der Waals surface area contributed by atoms with Crippen molar-refractivity contribution in [3.8, 4) is 0 Å². The van der Waals surface area contributed by atoms with Crippen LogP contribution in [0.3, 0.4) is 0 Å². The van der Waals surface area contributed by atoms with Gasteiger partial charge in [-0.2, -0.15) is 22.0 Å². The third-order valence-electron chi connectivity index (χ3n) is 1.97. The third-order valence-corrected chi connectivity index (χ3v) is 1.97. The summed E-state index contributed by atoms with van der Waals surface area (Å²) >= 11 is 0. The smallest absolute Gasteiger partial charge is 0.358 e. The van der Waals surface area contributed by atoms with Crippen molar-refractivity contribution in [1.29, 1.82) is 0 Å². The second kappa shape index (κ2) is 4.46. The molecule has 0 aliphatic carbocycles. The topological polar surface area (TPSA) is 73.8 Å². The minimum Gasteiger partial charge on any atom is -0.358 e. The average molecular weight is 274 g/mol. The summed E-state index contributed by atoms with van der Waals surface area (Å²) in [6, 6.07) is 0. The van der Waals surface area contributed by atoms with Gasteiger partial charge in [0.2, 0.25) is 5.69 Å². The lowest BCUT2D eigenvalue weighted by molar-refractivity contribution is -0.397. The van der Waals surface area contributed by atoms with Gasteiger partial charge in [0, 0.05) is 5.21 Å². The first kappa shape index (κ1) is 14.3. The third kappa shape index (κ3) is 2.24. The van der Waals surface area contributed by atoms with Crippen molar-refractivity contribution in [2.24, 2.45) is 0 Å². The summed E-state index contributed by atoms with van der Waals surface area (Å²) in [4.78, 5) is 9.20. The van der Waals surface area contributed by atoms with Crippen molar-refractivity contribution in [1.82, 2.24) is 15.0 Å². The Morgan fingerprint density at radius 2 is 1.89 bits per heavy atom. The minimum atomic E-state index is -5.97. The fourth-order valence-electron chi connectivity index (χ4n) is 1.19. The molecule has 6 nitrogen and oxygen atoms in total. The van der Waals surface area contributed by atoms with Crippen LogP contribution in [0.5, 0.6) is 0 Å². The van der Waals surface area contributed by atoms with E-state index in [-0.39, 0.29) is 13.0 Å². The molecule has 0 saturated heterocycles. The molecule has 11 heteroatoms. The maximum atomic E-state index is 13.0. The molecule has 0 spiro atoms. The van der Waals surface area contributed by atoms with Crippen LogP contribution in [0.15, 0.2) is 0 Å². The molecule has 1 aromatic heterocycles.